The van der Waals surface area contributed by atoms with E-state index in [1.807, 2.05) is 31.2 Å². The molecule has 144 valence electrons. The first-order valence-corrected chi connectivity index (χ1v) is 9.73. The molecule has 1 aromatic heterocycles. The molecule has 0 aliphatic carbocycles. The van der Waals surface area contributed by atoms with Crippen molar-refractivity contribution in [1.29, 1.82) is 0 Å². The highest BCUT2D eigenvalue weighted by molar-refractivity contribution is 6.30. The Morgan fingerprint density at radius 3 is 2.56 bits per heavy atom. The number of benzene rings is 1. The van der Waals surface area contributed by atoms with Gasteiger partial charge in [-0.1, -0.05) is 16.8 Å². The lowest BCUT2D eigenvalue weighted by Crippen LogP contribution is -2.35. The molecule has 1 aliphatic heterocycles. The van der Waals surface area contributed by atoms with Crippen LogP contribution in [0.5, 0.6) is 5.75 Å². The van der Waals surface area contributed by atoms with Crippen molar-refractivity contribution in [3.05, 3.63) is 47.2 Å². The molecule has 27 heavy (non-hydrogen) atoms. The minimum atomic E-state index is 0.570. The van der Waals surface area contributed by atoms with Crippen LogP contribution in [-0.2, 0) is 4.84 Å². The summed E-state index contributed by atoms with van der Waals surface area (Å²) in [6.45, 7) is 5.15. The van der Waals surface area contributed by atoms with Crippen molar-refractivity contribution < 1.29 is 9.57 Å². The average Bonchev–Trinajstić information content (AvgIpc) is 2.71. The largest absolute Gasteiger partial charge is 0.494 e. The Bertz CT molecular complexity index is 714. The Hall–Kier alpha value is -2.34. The summed E-state index contributed by atoms with van der Waals surface area (Å²) >= 11 is 5.85. The Labute approximate surface area is 165 Å². The van der Waals surface area contributed by atoms with Crippen molar-refractivity contribution in [2.24, 2.45) is 11.1 Å². The molecule has 7 heteroatoms. The molecule has 0 amide bonds. The van der Waals surface area contributed by atoms with Crippen LogP contribution in [0, 0.1) is 5.92 Å². The van der Waals surface area contributed by atoms with Crippen molar-refractivity contribution in [3.8, 4) is 5.75 Å². The standard InChI is InChI=1S/C20H25ClN4O2/c1-2-27-24-13-17-3-5-19(6-4-17)26-12-9-16-7-10-25(11-8-16)20-22-14-18(21)15-23-20/h3-6,13-16H,2,7-12H2,1H3/b24-13+. The van der Waals surface area contributed by atoms with Crippen molar-refractivity contribution in [2.75, 3.05) is 31.2 Å². The zero-order valence-corrected chi connectivity index (χ0v) is 16.3. The van der Waals surface area contributed by atoms with E-state index >= 15 is 0 Å². The number of rotatable bonds is 8. The molecule has 3 rings (SSSR count). The molecule has 0 unspecified atom stereocenters. The Balaban J connectivity index is 1.37. The average molecular weight is 389 g/mol. The third kappa shape index (κ3) is 6.10. The summed E-state index contributed by atoms with van der Waals surface area (Å²) in [7, 11) is 0. The normalized spacial score (nSPS) is 15.3. The van der Waals surface area contributed by atoms with Gasteiger partial charge in [0.05, 0.1) is 30.2 Å². The zero-order valence-electron chi connectivity index (χ0n) is 15.6. The SMILES string of the molecule is CCO/N=C/c1ccc(OCCC2CCN(c3ncc(Cl)cn3)CC2)cc1. The smallest absolute Gasteiger partial charge is 0.225 e. The van der Waals surface area contributed by atoms with E-state index in [2.05, 4.69) is 20.0 Å². The predicted octanol–water partition coefficient (Wildman–Crippen LogP) is 4.19. The number of anilines is 1. The van der Waals surface area contributed by atoms with Crippen LogP contribution in [0.1, 0.15) is 31.7 Å². The number of nitrogens with zero attached hydrogens (tertiary/aromatic N) is 4. The lowest BCUT2D eigenvalue weighted by atomic mass is 9.94. The predicted molar refractivity (Wildman–Crippen MR) is 108 cm³/mol. The van der Waals surface area contributed by atoms with E-state index < -0.39 is 0 Å². The molecule has 0 bridgehead atoms. The first kappa shape index (κ1) is 19.4. The Morgan fingerprint density at radius 2 is 1.89 bits per heavy atom. The second kappa shape index (κ2) is 10.1. The van der Waals surface area contributed by atoms with Crippen LogP contribution in [0.15, 0.2) is 41.8 Å². The van der Waals surface area contributed by atoms with Crippen molar-refractivity contribution in [1.82, 2.24) is 9.97 Å². The molecule has 1 saturated heterocycles. The van der Waals surface area contributed by atoms with Crippen LogP contribution in [0.2, 0.25) is 5.02 Å². The van der Waals surface area contributed by atoms with Gasteiger partial charge in [-0.3, -0.25) is 0 Å². The lowest BCUT2D eigenvalue weighted by molar-refractivity contribution is 0.160. The fourth-order valence-electron chi connectivity index (χ4n) is 3.06. The zero-order chi connectivity index (χ0) is 18.9. The summed E-state index contributed by atoms with van der Waals surface area (Å²) in [5.74, 6) is 2.32. The highest BCUT2D eigenvalue weighted by atomic mass is 35.5. The molecule has 0 radical (unpaired) electrons. The minimum absolute atomic E-state index is 0.570. The maximum absolute atomic E-state index is 5.89. The van der Waals surface area contributed by atoms with Crippen LogP contribution in [-0.4, -0.2) is 42.5 Å². The number of hydrogen-bond acceptors (Lipinski definition) is 6. The molecule has 0 saturated carbocycles. The molecule has 2 heterocycles. The number of halogens is 1. The topological polar surface area (TPSA) is 59.8 Å². The second-order valence-corrected chi connectivity index (χ2v) is 6.93. The van der Waals surface area contributed by atoms with Gasteiger partial charge in [0.2, 0.25) is 5.95 Å². The van der Waals surface area contributed by atoms with Crippen molar-refractivity contribution in [2.45, 2.75) is 26.2 Å². The van der Waals surface area contributed by atoms with Crippen molar-refractivity contribution in [3.63, 3.8) is 0 Å². The molecule has 2 aromatic rings. The maximum Gasteiger partial charge on any atom is 0.225 e. The van der Waals surface area contributed by atoms with Gasteiger partial charge in [-0.05, 0) is 61.9 Å². The third-order valence-corrected chi connectivity index (χ3v) is 4.78. The maximum atomic E-state index is 5.89. The molecular weight excluding hydrogens is 364 g/mol. The van der Waals surface area contributed by atoms with Crippen LogP contribution < -0.4 is 9.64 Å². The second-order valence-electron chi connectivity index (χ2n) is 6.49. The van der Waals surface area contributed by atoms with E-state index in [1.165, 1.54) is 0 Å². The van der Waals surface area contributed by atoms with Crippen LogP contribution in [0.25, 0.3) is 0 Å². The van der Waals surface area contributed by atoms with E-state index in [0.29, 0.717) is 17.5 Å². The number of piperidine rings is 1. The molecule has 0 N–H and O–H groups in total. The first-order chi connectivity index (χ1) is 13.2. The Morgan fingerprint density at radius 1 is 1.19 bits per heavy atom. The van der Waals surface area contributed by atoms with Gasteiger partial charge in [-0.2, -0.15) is 0 Å². The highest BCUT2D eigenvalue weighted by Gasteiger charge is 2.20. The molecule has 6 nitrogen and oxygen atoms in total. The van der Waals surface area contributed by atoms with E-state index in [-0.39, 0.29) is 0 Å². The molecule has 1 aliphatic rings. The van der Waals surface area contributed by atoms with E-state index in [4.69, 9.17) is 21.2 Å². The van der Waals surface area contributed by atoms with Gasteiger partial charge in [0.1, 0.15) is 12.4 Å². The number of oxime groups is 1. The third-order valence-electron chi connectivity index (χ3n) is 4.58. The van der Waals surface area contributed by atoms with Gasteiger partial charge in [-0.15, -0.1) is 0 Å². The van der Waals surface area contributed by atoms with Crippen molar-refractivity contribution >= 4 is 23.8 Å². The van der Waals surface area contributed by atoms with E-state index in [0.717, 1.165) is 56.2 Å². The van der Waals surface area contributed by atoms with Crippen LogP contribution in [0.3, 0.4) is 0 Å². The van der Waals surface area contributed by atoms with Gasteiger partial charge in [0, 0.05) is 13.1 Å². The van der Waals surface area contributed by atoms with E-state index in [1.54, 1.807) is 18.6 Å². The molecule has 0 spiro atoms. The van der Waals surface area contributed by atoms with Gasteiger partial charge in [0.15, 0.2) is 0 Å². The quantitative estimate of drug-likeness (QED) is 0.501. The summed E-state index contributed by atoms with van der Waals surface area (Å²) in [5, 5.41) is 4.43. The molecule has 1 fully saturated rings. The summed E-state index contributed by atoms with van der Waals surface area (Å²) < 4.78 is 5.89. The van der Waals surface area contributed by atoms with Gasteiger partial charge in [0.25, 0.3) is 0 Å². The summed E-state index contributed by atoms with van der Waals surface area (Å²) in [6, 6.07) is 7.88. The molecule has 0 atom stereocenters. The summed E-state index contributed by atoms with van der Waals surface area (Å²) in [5.41, 5.74) is 0.993. The number of aromatic nitrogens is 2. The lowest BCUT2D eigenvalue weighted by Gasteiger charge is -2.31. The number of hydrogen-bond donors (Lipinski definition) is 0. The highest BCUT2D eigenvalue weighted by Crippen LogP contribution is 2.24. The fourth-order valence-corrected chi connectivity index (χ4v) is 3.15. The van der Waals surface area contributed by atoms with Gasteiger partial charge < -0.3 is 14.5 Å². The van der Waals surface area contributed by atoms with Crippen LogP contribution >= 0.6 is 11.6 Å². The summed E-state index contributed by atoms with van der Waals surface area (Å²) in [6.07, 6.45) is 8.31. The minimum Gasteiger partial charge on any atom is -0.494 e. The molecular formula is C20H25ClN4O2. The Kier molecular flexibility index (Phi) is 7.27. The fraction of sp³-hybridized carbons (Fsp3) is 0.450. The van der Waals surface area contributed by atoms with Crippen LogP contribution in [0.4, 0.5) is 5.95 Å². The van der Waals surface area contributed by atoms with Gasteiger partial charge in [-0.25, -0.2) is 9.97 Å². The molecule has 1 aromatic carbocycles. The summed E-state index contributed by atoms with van der Waals surface area (Å²) in [4.78, 5) is 15.8. The first-order valence-electron chi connectivity index (χ1n) is 9.35. The number of ether oxygens (including phenoxy) is 1. The monoisotopic (exact) mass is 388 g/mol. The van der Waals surface area contributed by atoms with E-state index in [9.17, 15) is 0 Å². The van der Waals surface area contributed by atoms with Gasteiger partial charge >= 0.3 is 0 Å².